The second kappa shape index (κ2) is 10.2. The number of aliphatic hydroxyl groups excluding tert-OH is 1. The number of nitrogens with one attached hydrogen (secondary N) is 3. The fourth-order valence-corrected chi connectivity index (χ4v) is 4.99. The van der Waals surface area contributed by atoms with Crippen molar-refractivity contribution < 1.29 is 9.50 Å². The summed E-state index contributed by atoms with van der Waals surface area (Å²) < 4.78 is 16.1. The van der Waals surface area contributed by atoms with Crippen LogP contribution in [0, 0.1) is 5.82 Å². The second-order valence-corrected chi connectivity index (χ2v) is 9.62. The molecule has 200 valence electrons. The van der Waals surface area contributed by atoms with Crippen LogP contribution in [0.5, 0.6) is 0 Å². The van der Waals surface area contributed by atoms with Crippen molar-refractivity contribution in [3.63, 3.8) is 0 Å². The number of aromatic amines is 2. The number of aliphatic hydroxyl groups is 1. The number of hydrogen-bond donors (Lipinski definition) is 4. The number of rotatable bonds is 7. The molecule has 0 saturated carbocycles. The van der Waals surface area contributed by atoms with Crippen molar-refractivity contribution in [1.29, 1.82) is 0 Å². The van der Waals surface area contributed by atoms with Crippen molar-refractivity contribution >= 4 is 27.6 Å². The minimum atomic E-state index is -0.847. The van der Waals surface area contributed by atoms with Gasteiger partial charge in [0.1, 0.15) is 17.6 Å². The lowest BCUT2D eigenvalue weighted by molar-refractivity contribution is 0.204. The first kappa shape index (κ1) is 24.6. The van der Waals surface area contributed by atoms with Crippen LogP contribution in [0.15, 0.2) is 97.7 Å². The van der Waals surface area contributed by atoms with Gasteiger partial charge in [-0.2, -0.15) is 5.10 Å². The van der Waals surface area contributed by atoms with E-state index in [2.05, 4.69) is 35.5 Å². The van der Waals surface area contributed by atoms with E-state index in [-0.39, 0.29) is 11.1 Å². The summed E-state index contributed by atoms with van der Waals surface area (Å²) in [5.41, 5.74) is 6.34. The van der Waals surface area contributed by atoms with Crippen LogP contribution >= 0.6 is 0 Å². The van der Waals surface area contributed by atoms with E-state index in [1.165, 1.54) is 6.20 Å². The van der Waals surface area contributed by atoms with Crippen LogP contribution in [0.4, 0.5) is 10.1 Å². The third-order valence-electron chi connectivity index (χ3n) is 6.89. The van der Waals surface area contributed by atoms with E-state index in [1.807, 2.05) is 60.7 Å². The predicted molar refractivity (Wildman–Crippen MR) is 155 cm³/mol. The Morgan fingerprint density at radius 3 is 2.56 bits per heavy atom. The number of para-hydroxylation sites is 1. The summed E-state index contributed by atoms with van der Waals surface area (Å²) in [7, 11) is 0. The smallest absolute Gasteiger partial charge is 0.161 e. The van der Waals surface area contributed by atoms with E-state index >= 15 is 4.39 Å². The van der Waals surface area contributed by atoms with Crippen LogP contribution in [-0.4, -0.2) is 46.5 Å². The maximum Gasteiger partial charge on any atom is 0.161 e. The highest BCUT2D eigenvalue weighted by Crippen LogP contribution is 2.34. The molecule has 5 aromatic heterocycles. The summed E-state index contributed by atoms with van der Waals surface area (Å²) in [6.07, 6.45) is 7.68. The minimum Gasteiger partial charge on any atom is -0.373 e. The fourth-order valence-electron chi connectivity index (χ4n) is 4.99. The Bertz CT molecular complexity index is 1990. The largest absolute Gasteiger partial charge is 0.373 e. The molecule has 10 heteroatoms. The van der Waals surface area contributed by atoms with E-state index in [0.29, 0.717) is 34.7 Å². The van der Waals surface area contributed by atoms with Crippen molar-refractivity contribution in [2.45, 2.75) is 12.6 Å². The minimum absolute atomic E-state index is 0.113. The molecule has 7 rings (SSSR count). The average Bonchev–Trinajstić information content (AvgIpc) is 3.63. The van der Waals surface area contributed by atoms with Crippen LogP contribution in [-0.2, 0) is 6.42 Å². The van der Waals surface area contributed by atoms with Crippen LogP contribution < -0.4 is 5.32 Å². The van der Waals surface area contributed by atoms with Gasteiger partial charge in [0.05, 0.1) is 40.0 Å². The molecule has 0 radical (unpaired) electrons. The first-order chi connectivity index (χ1) is 20.1. The molecule has 0 bridgehead atoms. The molecule has 0 aliphatic carbocycles. The third kappa shape index (κ3) is 4.66. The molecule has 5 heterocycles. The van der Waals surface area contributed by atoms with Gasteiger partial charge in [-0.3, -0.25) is 20.1 Å². The summed E-state index contributed by atoms with van der Waals surface area (Å²) in [5.74, 6) is -0.119. The van der Waals surface area contributed by atoms with Crippen molar-refractivity contribution in [2.24, 2.45) is 0 Å². The van der Waals surface area contributed by atoms with Crippen LogP contribution in [0.1, 0.15) is 5.56 Å². The van der Waals surface area contributed by atoms with Gasteiger partial charge in [0.25, 0.3) is 0 Å². The molecule has 2 aromatic carbocycles. The maximum atomic E-state index is 16.1. The fraction of sp³-hybridized carbons (Fsp3) is 0.0645. The van der Waals surface area contributed by atoms with Gasteiger partial charge >= 0.3 is 0 Å². The van der Waals surface area contributed by atoms with E-state index in [9.17, 15) is 5.11 Å². The van der Waals surface area contributed by atoms with E-state index in [0.717, 1.165) is 27.7 Å². The number of anilines is 1. The molecule has 7 aromatic rings. The van der Waals surface area contributed by atoms with Gasteiger partial charge in [0.2, 0.25) is 0 Å². The van der Waals surface area contributed by atoms with Crippen molar-refractivity contribution in [2.75, 3.05) is 5.32 Å². The van der Waals surface area contributed by atoms with Crippen molar-refractivity contribution in [1.82, 2.24) is 35.1 Å². The number of H-pyrrole nitrogens is 2. The zero-order chi connectivity index (χ0) is 27.8. The van der Waals surface area contributed by atoms with Crippen LogP contribution in [0.2, 0.25) is 0 Å². The zero-order valence-electron chi connectivity index (χ0n) is 21.6. The Balaban J connectivity index is 1.24. The summed E-state index contributed by atoms with van der Waals surface area (Å²) >= 11 is 0. The number of pyridine rings is 3. The van der Waals surface area contributed by atoms with E-state index in [1.54, 1.807) is 30.9 Å². The lowest BCUT2D eigenvalue weighted by atomic mass is 10.1. The molecule has 0 aliphatic heterocycles. The van der Waals surface area contributed by atoms with Crippen LogP contribution in [0.3, 0.4) is 0 Å². The predicted octanol–water partition coefficient (Wildman–Crippen LogP) is 5.74. The summed E-state index contributed by atoms with van der Waals surface area (Å²) in [4.78, 5) is 20.8. The SMILES string of the molecule is OC(Cc1ccccc1)Nc1cncc(-c2ncc3[nH]nc(-c4nc5c(-c6ccncc6)cccc5[nH]4)c3c2F)c1. The summed E-state index contributed by atoms with van der Waals surface area (Å²) in [6.45, 7) is 0. The highest BCUT2D eigenvalue weighted by Gasteiger charge is 2.21. The van der Waals surface area contributed by atoms with Gasteiger partial charge in [-0.25, -0.2) is 9.37 Å². The van der Waals surface area contributed by atoms with Gasteiger partial charge in [-0.1, -0.05) is 42.5 Å². The number of benzene rings is 2. The molecule has 1 unspecified atom stereocenters. The standard InChI is InChI=1S/C31H23FN8O/c32-27-26-24(17-35-28(27)20-14-21(16-34-15-20)36-25(41)13-18-5-2-1-3-6-18)39-40-30(26)31-37-23-8-4-7-22(29(23)38-31)19-9-11-33-12-10-19/h1-12,14-17,25,36,41H,13H2,(H,37,38)(H,39,40). The molecule has 9 nitrogen and oxygen atoms in total. The Morgan fingerprint density at radius 2 is 1.71 bits per heavy atom. The van der Waals surface area contributed by atoms with Gasteiger partial charge in [-0.05, 0) is 35.4 Å². The molecular formula is C31H23FN8O. The highest BCUT2D eigenvalue weighted by molar-refractivity contribution is 5.98. The lowest BCUT2D eigenvalue weighted by Crippen LogP contribution is -2.21. The number of fused-ring (bicyclic) bond motifs is 2. The van der Waals surface area contributed by atoms with Gasteiger partial charge in [-0.15, -0.1) is 0 Å². The average molecular weight is 543 g/mol. The van der Waals surface area contributed by atoms with Crippen molar-refractivity contribution in [3.05, 3.63) is 109 Å². The highest BCUT2D eigenvalue weighted by atomic mass is 19.1. The second-order valence-electron chi connectivity index (χ2n) is 9.62. The maximum absolute atomic E-state index is 16.1. The number of imidazole rings is 1. The topological polar surface area (TPSA) is 128 Å². The van der Waals surface area contributed by atoms with Gasteiger partial charge in [0.15, 0.2) is 11.6 Å². The van der Waals surface area contributed by atoms with E-state index in [4.69, 9.17) is 4.98 Å². The molecule has 0 saturated heterocycles. The third-order valence-corrected chi connectivity index (χ3v) is 6.89. The summed E-state index contributed by atoms with van der Waals surface area (Å²) in [6, 6.07) is 21.0. The Morgan fingerprint density at radius 1 is 0.854 bits per heavy atom. The first-order valence-corrected chi connectivity index (χ1v) is 13.0. The van der Waals surface area contributed by atoms with Crippen LogP contribution in [0.25, 0.3) is 55.8 Å². The van der Waals surface area contributed by atoms with Gasteiger partial charge in [0, 0.05) is 36.1 Å². The molecule has 0 amide bonds. The lowest BCUT2D eigenvalue weighted by Gasteiger charge is -2.15. The molecule has 0 spiro atoms. The quantitative estimate of drug-likeness (QED) is 0.189. The summed E-state index contributed by atoms with van der Waals surface area (Å²) in [5, 5.41) is 21.1. The Hall–Kier alpha value is -5.48. The monoisotopic (exact) mass is 542 g/mol. The number of aromatic nitrogens is 7. The number of hydrogen-bond acceptors (Lipinski definition) is 7. The first-order valence-electron chi connectivity index (χ1n) is 13.0. The molecule has 41 heavy (non-hydrogen) atoms. The molecule has 0 fully saturated rings. The molecular weight excluding hydrogens is 519 g/mol. The van der Waals surface area contributed by atoms with Crippen molar-refractivity contribution in [3.8, 4) is 33.9 Å². The number of halogens is 1. The molecule has 1 atom stereocenters. The molecule has 0 aliphatic rings. The Kier molecular flexibility index (Phi) is 6.14. The van der Waals surface area contributed by atoms with E-state index < -0.39 is 12.0 Å². The van der Waals surface area contributed by atoms with Gasteiger partial charge < -0.3 is 15.4 Å². The number of nitrogens with zero attached hydrogens (tertiary/aromatic N) is 5. The Labute approximate surface area is 233 Å². The zero-order valence-corrected chi connectivity index (χ0v) is 21.6. The molecule has 4 N–H and O–H groups in total. The normalized spacial score (nSPS) is 12.1.